The molecule has 1 aromatic carbocycles. The van der Waals surface area contributed by atoms with Gasteiger partial charge in [-0.15, -0.1) is 0 Å². The van der Waals surface area contributed by atoms with Gasteiger partial charge in [0.25, 0.3) is 6.47 Å². The molecule has 2 fully saturated rings. The molecule has 3 atom stereocenters. The molecule has 3 unspecified atom stereocenters. The highest BCUT2D eigenvalue weighted by atomic mass is 16.7. The van der Waals surface area contributed by atoms with Crippen LogP contribution in [0.2, 0.25) is 0 Å². The number of likely N-dealkylation sites (tertiary alicyclic amines) is 1. The second kappa shape index (κ2) is 7.62. The first kappa shape index (κ1) is 18.0. The molecule has 138 valence electrons. The number of hydrogen-bond donors (Lipinski definition) is 0. The maximum Gasteiger partial charge on any atom is 0.295 e. The Morgan fingerprint density at radius 2 is 2.04 bits per heavy atom. The zero-order chi connectivity index (χ0) is 17.9. The molecular weight excluding hydrogens is 322 g/mol. The van der Waals surface area contributed by atoms with Crippen molar-refractivity contribution in [2.24, 2.45) is 0 Å². The maximum atomic E-state index is 10.3. The van der Waals surface area contributed by atoms with Gasteiger partial charge in [0.2, 0.25) is 0 Å². The Kier molecular flexibility index (Phi) is 5.49. The van der Waals surface area contributed by atoms with Crippen LogP contribution in [0.1, 0.15) is 31.2 Å². The zero-order valence-corrected chi connectivity index (χ0v) is 15.2. The second-order valence-electron chi connectivity index (χ2n) is 6.92. The summed E-state index contributed by atoms with van der Waals surface area (Å²) in [5.74, 6) is 1.54. The molecule has 1 aliphatic heterocycles. The van der Waals surface area contributed by atoms with Crippen LogP contribution in [0, 0.1) is 0 Å². The standard InChI is InChI=1S/C19H27NO5/c1-20-9-8-19(14-4-5-16(22-2)17(10-14)23-3)7-6-15(11-18(19)20)25-13-24-12-21/h4-5,10,12,15,18H,6-9,11,13H2,1-3H3. The number of nitrogens with zero attached hydrogens (tertiary/aromatic N) is 1. The number of methoxy groups -OCH3 is 2. The molecule has 0 N–H and O–H groups in total. The summed E-state index contributed by atoms with van der Waals surface area (Å²) < 4.78 is 21.3. The highest BCUT2D eigenvalue weighted by molar-refractivity contribution is 5.46. The molecule has 6 nitrogen and oxygen atoms in total. The molecule has 1 heterocycles. The van der Waals surface area contributed by atoms with Gasteiger partial charge in [0, 0.05) is 11.5 Å². The fraction of sp³-hybridized carbons (Fsp3) is 0.632. The molecule has 2 aliphatic rings. The monoisotopic (exact) mass is 349 g/mol. The molecule has 1 saturated carbocycles. The van der Waals surface area contributed by atoms with E-state index in [-0.39, 0.29) is 18.3 Å². The molecule has 1 aliphatic carbocycles. The number of benzene rings is 1. The highest BCUT2D eigenvalue weighted by Crippen LogP contribution is 2.50. The summed E-state index contributed by atoms with van der Waals surface area (Å²) in [5, 5.41) is 0. The van der Waals surface area contributed by atoms with Gasteiger partial charge in [-0.25, -0.2) is 0 Å². The summed E-state index contributed by atoms with van der Waals surface area (Å²) in [7, 11) is 5.51. The topological polar surface area (TPSA) is 57.2 Å². The summed E-state index contributed by atoms with van der Waals surface area (Å²) in [4.78, 5) is 12.7. The molecule has 1 aromatic rings. The number of fused-ring (bicyclic) bond motifs is 1. The Balaban J connectivity index is 1.83. The lowest BCUT2D eigenvalue weighted by Gasteiger charge is -2.44. The Morgan fingerprint density at radius 1 is 1.24 bits per heavy atom. The average Bonchev–Trinajstić information content (AvgIpc) is 2.99. The summed E-state index contributed by atoms with van der Waals surface area (Å²) in [6.07, 6.45) is 4.19. The summed E-state index contributed by atoms with van der Waals surface area (Å²) in [6, 6.07) is 6.70. The molecule has 0 aromatic heterocycles. The number of carbonyl (C=O) groups is 1. The molecule has 1 saturated heterocycles. The van der Waals surface area contributed by atoms with Gasteiger partial charge in [-0.3, -0.25) is 4.79 Å². The van der Waals surface area contributed by atoms with Crippen molar-refractivity contribution in [3.05, 3.63) is 23.8 Å². The van der Waals surface area contributed by atoms with E-state index in [9.17, 15) is 4.79 Å². The first-order valence-corrected chi connectivity index (χ1v) is 8.74. The Labute approximate surface area is 149 Å². The second-order valence-corrected chi connectivity index (χ2v) is 6.92. The normalized spacial score (nSPS) is 29.1. The summed E-state index contributed by atoms with van der Waals surface area (Å²) in [5.41, 5.74) is 1.42. The van der Waals surface area contributed by atoms with Gasteiger partial charge in [0.15, 0.2) is 18.3 Å². The van der Waals surface area contributed by atoms with E-state index in [4.69, 9.17) is 18.9 Å². The van der Waals surface area contributed by atoms with Crippen LogP contribution in [0.5, 0.6) is 11.5 Å². The SMILES string of the molecule is COc1ccc(C23CCC(OCOC=O)CC2N(C)CC3)cc1OC. The number of carbonyl (C=O) groups excluding carboxylic acids is 1. The molecule has 25 heavy (non-hydrogen) atoms. The zero-order valence-electron chi connectivity index (χ0n) is 15.2. The molecule has 0 spiro atoms. The van der Waals surface area contributed by atoms with E-state index in [2.05, 4.69) is 24.1 Å². The van der Waals surface area contributed by atoms with E-state index in [0.29, 0.717) is 12.5 Å². The van der Waals surface area contributed by atoms with Crippen LogP contribution in [0.3, 0.4) is 0 Å². The lowest BCUT2D eigenvalue weighted by molar-refractivity contribution is -0.149. The quantitative estimate of drug-likeness (QED) is 0.428. The molecule has 0 amide bonds. The van der Waals surface area contributed by atoms with Crippen LogP contribution in [0.25, 0.3) is 0 Å². The molecular formula is C19H27NO5. The molecule has 0 bridgehead atoms. The van der Waals surface area contributed by atoms with Crippen LogP contribution < -0.4 is 9.47 Å². The third-order valence-electron chi connectivity index (χ3n) is 5.88. The summed E-state index contributed by atoms with van der Waals surface area (Å²) in [6.45, 7) is 1.53. The molecule has 6 heteroatoms. The minimum absolute atomic E-state index is 0.0357. The number of ether oxygens (including phenoxy) is 4. The molecule has 0 radical (unpaired) electrons. The highest BCUT2D eigenvalue weighted by Gasteiger charge is 2.50. The largest absolute Gasteiger partial charge is 0.493 e. The van der Waals surface area contributed by atoms with E-state index in [1.54, 1.807) is 14.2 Å². The van der Waals surface area contributed by atoms with E-state index >= 15 is 0 Å². The van der Waals surface area contributed by atoms with Crippen molar-refractivity contribution < 1.29 is 23.7 Å². The van der Waals surface area contributed by atoms with Crippen LogP contribution in [0.4, 0.5) is 0 Å². The van der Waals surface area contributed by atoms with Crippen molar-refractivity contribution in [3.63, 3.8) is 0 Å². The van der Waals surface area contributed by atoms with Gasteiger partial charge in [0.1, 0.15) is 0 Å². The predicted molar refractivity (Wildman–Crippen MR) is 93.0 cm³/mol. The number of likely N-dealkylation sites (N-methyl/N-ethyl adjacent to an activating group) is 1. The minimum atomic E-state index is 0.0357. The minimum Gasteiger partial charge on any atom is -0.493 e. The van der Waals surface area contributed by atoms with Gasteiger partial charge >= 0.3 is 0 Å². The number of rotatable bonds is 7. The fourth-order valence-electron chi connectivity index (χ4n) is 4.54. The van der Waals surface area contributed by atoms with Crippen molar-refractivity contribution >= 4 is 6.47 Å². The Hall–Kier alpha value is -1.79. The lowest BCUT2D eigenvalue weighted by Crippen LogP contribution is -2.48. The van der Waals surface area contributed by atoms with Gasteiger partial charge in [-0.1, -0.05) is 6.07 Å². The van der Waals surface area contributed by atoms with Crippen LogP contribution in [0.15, 0.2) is 18.2 Å². The van der Waals surface area contributed by atoms with Crippen molar-refractivity contribution in [2.45, 2.75) is 43.2 Å². The first-order valence-electron chi connectivity index (χ1n) is 8.74. The van der Waals surface area contributed by atoms with E-state index in [0.717, 1.165) is 43.7 Å². The third-order valence-corrected chi connectivity index (χ3v) is 5.88. The van der Waals surface area contributed by atoms with Crippen molar-refractivity contribution in [1.29, 1.82) is 0 Å². The average molecular weight is 349 g/mol. The van der Waals surface area contributed by atoms with Gasteiger partial charge < -0.3 is 23.8 Å². The summed E-state index contributed by atoms with van der Waals surface area (Å²) >= 11 is 0. The van der Waals surface area contributed by atoms with Gasteiger partial charge in [-0.05, 0) is 57.0 Å². The fourth-order valence-corrected chi connectivity index (χ4v) is 4.54. The van der Waals surface area contributed by atoms with Crippen molar-refractivity contribution in [1.82, 2.24) is 4.90 Å². The van der Waals surface area contributed by atoms with Crippen LogP contribution >= 0.6 is 0 Å². The first-order chi connectivity index (χ1) is 12.1. The van der Waals surface area contributed by atoms with Crippen LogP contribution in [-0.2, 0) is 19.7 Å². The lowest BCUT2D eigenvalue weighted by atomic mass is 9.65. The van der Waals surface area contributed by atoms with Gasteiger partial charge in [0.05, 0.1) is 20.3 Å². The van der Waals surface area contributed by atoms with Crippen LogP contribution in [-0.4, -0.2) is 58.1 Å². The third kappa shape index (κ3) is 3.33. The van der Waals surface area contributed by atoms with Crippen molar-refractivity contribution in [3.8, 4) is 11.5 Å². The van der Waals surface area contributed by atoms with E-state index in [1.807, 2.05) is 6.07 Å². The predicted octanol–water partition coefficient (Wildman–Crippen LogP) is 2.35. The Morgan fingerprint density at radius 3 is 2.76 bits per heavy atom. The number of hydrogen-bond acceptors (Lipinski definition) is 6. The maximum absolute atomic E-state index is 10.3. The van der Waals surface area contributed by atoms with E-state index in [1.165, 1.54) is 5.56 Å². The van der Waals surface area contributed by atoms with Crippen molar-refractivity contribution in [2.75, 3.05) is 34.6 Å². The smallest absolute Gasteiger partial charge is 0.295 e. The Bertz CT molecular complexity index is 607. The van der Waals surface area contributed by atoms with E-state index < -0.39 is 0 Å². The van der Waals surface area contributed by atoms with Gasteiger partial charge in [-0.2, -0.15) is 0 Å². The molecule has 3 rings (SSSR count).